The van der Waals surface area contributed by atoms with Crippen molar-refractivity contribution in [3.8, 4) is 0 Å². The Bertz CT molecular complexity index is 520. The average Bonchev–Trinajstić information content (AvgIpc) is 2.88. The molecule has 0 bridgehead atoms. The average molecular weight is 253 g/mol. The van der Waals surface area contributed by atoms with Gasteiger partial charge in [0.05, 0.1) is 10.7 Å². The van der Waals surface area contributed by atoms with Crippen molar-refractivity contribution in [2.75, 3.05) is 11.9 Å². The third-order valence-corrected chi connectivity index (χ3v) is 2.87. The number of aromatic nitrogens is 2. The minimum atomic E-state index is -1.10. The molecule has 2 N–H and O–H groups in total. The lowest BCUT2D eigenvalue weighted by atomic mass is 10.3. The predicted octanol–water partition coefficient (Wildman–Crippen LogP) is 1.79. The predicted molar refractivity (Wildman–Crippen MR) is 62.5 cm³/mol. The molecule has 7 heteroatoms. The molecule has 2 aromatic rings. The van der Waals surface area contributed by atoms with Crippen molar-refractivity contribution in [2.45, 2.75) is 13.3 Å². The summed E-state index contributed by atoms with van der Waals surface area (Å²) in [4.78, 5) is 18.6. The zero-order chi connectivity index (χ0) is 12.3. The van der Waals surface area contributed by atoms with Gasteiger partial charge in [0, 0.05) is 18.3 Å². The summed E-state index contributed by atoms with van der Waals surface area (Å²) >= 11 is 1.60. The van der Waals surface area contributed by atoms with Gasteiger partial charge in [-0.1, -0.05) is 0 Å². The Balaban J connectivity index is 1.83. The van der Waals surface area contributed by atoms with E-state index in [2.05, 4.69) is 15.3 Å². The first-order chi connectivity index (χ1) is 8.15. The van der Waals surface area contributed by atoms with Crippen LogP contribution in [-0.4, -0.2) is 27.6 Å². The Morgan fingerprint density at radius 1 is 1.59 bits per heavy atom. The maximum Gasteiger partial charge on any atom is 0.357 e. The van der Waals surface area contributed by atoms with Gasteiger partial charge in [-0.2, -0.15) is 4.98 Å². The Kier molecular flexibility index (Phi) is 3.38. The monoisotopic (exact) mass is 253 g/mol. The van der Waals surface area contributed by atoms with E-state index in [4.69, 9.17) is 9.52 Å². The first-order valence-electron chi connectivity index (χ1n) is 4.99. The highest BCUT2D eigenvalue weighted by Gasteiger charge is 2.09. The first kappa shape index (κ1) is 11.6. The second kappa shape index (κ2) is 4.96. The molecule has 0 aliphatic heterocycles. The molecule has 90 valence electrons. The molecule has 0 radical (unpaired) electrons. The van der Waals surface area contributed by atoms with Crippen LogP contribution in [0.2, 0.25) is 0 Å². The molecule has 0 aliphatic carbocycles. The maximum absolute atomic E-state index is 10.6. The molecule has 17 heavy (non-hydrogen) atoms. The van der Waals surface area contributed by atoms with E-state index in [0.29, 0.717) is 6.54 Å². The number of rotatable bonds is 5. The summed E-state index contributed by atoms with van der Waals surface area (Å²) in [6, 6.07) is 0.217. The van der Waals surface area contributed by atoms with Gasteiger partial charge in [0.25, 0.3) is 6.01 Å². The highest BCUT2D eigenvalue weighted by Crippen LogP contribution is 2.10. The molecule has 0 aromatic carbocycles. The van der Waals surface area contributed by atoms with Crippen molar-refractivity contribution in [1.29, 1.82) is 0 Å². The number of anilines is 1. The van der Waals surface area contributed by atoms with E-state index >= 15 is 0 Å². The van der Waals surface area contributed by atoms with Gasteiger partial charge in [0.2, 0.25) is 0 Å². The highest BCUT2D eigenvalue weighted by atomic mass is 32.1. The van der Waals surface area contributed by atoms with E-state index in [0.717, 1.165) is 23.4 Å². The molecule has 0 saturated heterocycles. The molecule has 0 fully saturated rings. The molecule has 2 rings (SSSR count). The van der Waals surface area contributed by atoms with Crippen LogP contribution in [0.3, 0.4) is 0 Å². The van der Waals surface area contributed by atoms with Gasteiger partial charge < -0.3 is 14.8 Å². The zero-order valence-electron chi connectivity index (χ0n) is 9.14. The molecule has 2 aromatic heterocycles. The second-order valence-corrected chi connectivity index (χ2v) is 4.44. The van der Waals surface area contributed by atoms with Gasteiger partial charge in [-0.3, -0.25) is 0 Å². The van der Waals surface area contributed by atoms with E-state index in [1.165, 1.54) is 0 Å². The molecular weight excluding hydrogens is 242 g/mol. The Morgan fingerprint density at radius 2 is 2.41 bits per heavy atom. The molecule has 0 unspecified atom stereocenters. The summed E-state index contributed by atoms with van der Waals surface area (Å²) in [5.41, 5.74) is 0.905. The minimum absolute atomic E-state index is 0.1000. The van der Waals surface area contributed by atoms with E-state index in [1.807, 2.05) is 12.3 Å². The number of hydrogen-bond acceptors (Lipinski definition) is 6. The van der Waals surface area contributed by atoms with E-state index < -0.39 is 5.97 Å². The van der Waals surface area contributed by atoms with Crippen LogP contribution in [0.1, 0.15) is 21.2 Å². The van der Waals surface area contributed by atoms with Crippen molar-refractivity contribution in [3.63, 3.8) is 0 Å². The summed E-state index contributed by atoms with van der Waals surface area (Å²) in [5, 5.41) is 14.6. The van der Waals surface area contributed by atoms with Gasteiger partial charge in [-0.05, 0) is 6.92 Å². The maximum atomic E-state index is 10.6. The van der Waals surface area contributed by atoms with Crippen molar-refractivity contribution in [2.24, 2.45) is 0 Å². The van der Waals surface area contributed by atoms with E-state index in [-0.39, 0.29) is 11.7 Å². The number of nitrogens with zero attached hydrogens (tertiary/aromatic N) is 2. The smallest absolute Gasteiger partial charge is 0.357 e. The van der Waals surface area contributed by atoms with Crippen LogP contribution < -0.4 is 5.32 Å². The van der Waals surface area contributed by atoms with Crippen LogP contribution in [0, 0.1) is 6.92 Å². The SMILES string of the molecule is Cc1nc(CCNc2nc(C(=O)O)co2)cs1. The van der Waals surface area contributed by atoms with Crippen molar-refractivity contribution >= 4 is 23.3 Å². The Hall–Kier alpha value is -1.89. The van der Waals surface area contributed by atoms with Crippen LogP contribution >= 0.6 is 11.3 Å². The fourth-order valence-electron chi connectivity index (χ4n) is 1.27. The number of carbonyl (C=O) groups is 1. The lowest BCUT2D eigenvalue weighted by Gasteiger charge is -1.98. The fraction of sp³-hybridized carbons (Fsp3) is 0.300. The number of carboxylic acid groups (broad SMARTS) is 1. The quantitative estimate of drug-likeness (QED) is 0.844. The fourth-order valence-corrected chi connectivity index (χ4v) is 1.92. The summed E-state index contributed by atoms with van der Waals surface area (Å²) in [7, 11) is 0. The number of hydrogen-bond donors (Lipinski definition) is 2. The summed E-state index contributed by atoms with van der Waals surface area (Å²) in [5.74, 6) is -1.10. The normalized spacial score (nSPS) is 10.4. The molecule has 2 heterocycles. The summed E-state index contributed by atoms with van der Waals surface area (Å²) in [6.07, 6.45) is 1.85. The largest absolute Gasteiger partial charge is 0.476 e. The number of carboxylic acids is 1. The summed E-state index contributed by atoms with van der Waals surface area (Å²) in [6.45, 7) is 2.55. The van der Waals surface area contributed by atoms with Gasteiger partial charge in [0.1, 0.15) is 6.26 Å². The lowest BCUT2D eigenvalue weighted by molar-refractivity contribution is 0.0690. The van der Waals surface area contributed by atoms with Crippen molar-refractivity contribution < 1.29 is 14.3 Å². The Morgan fingerprint density at radius 3 is 3.00 bits per heavy atom. The third kappa shape index (κ3) is 3.04. The molecular formula is C10H11N3O3S. The molecule has 0 amide bonds. The van der Waals surface area contributed by atoms with Crippen LogP contribution in [0.4, 0.5) is 6.01 Å². The molecule has 0 spiro atoms. The Labute approximate surface area is 101 Å². The van der Waals surface area contributed by atoms with Gasteiger partial charge >= 0.3 is 5.97 Å². The van der Waals surface area contributed by atoms with Gasteiger partial charge in [0.15, 0.2) is 5.69 Å². The highest BCUT2D eigenvalue weighted by molar-refractivity contribution is 7.09. The van der Waals surface area contributed by atoms with Crippen molar-refractivity contribution in [3.05, 3.63) is 28.0 Å². The molecule has 0 saturated carbocycles. The molecule has 6 nitrogen and oxygen atoms in total. The van der Waals surface area contributed by atoms with Crippen molar-refractivity contribution in [1.82, 2.24) is 9.97 Å². The number of aryl methyl sites for hydroxylation is 1. The van der Waals surface area contributed by atoms with Crippen LogP contribution in [0.15, 0.2) is 16.1 Å². The number of oxazole rings is 1. The van der Waals surface area contributed by atoms with Crippen LogP contribution in [0.5, 0.6) is 0 Å². The van der Waals surface area contributed by atoms with Crippen LogP contribution in [0.25, 0.3) is 0 Å². The minimum Gasteiger partial charge on any atom is -0.476 e. The topological polar surface area (TPSA) is 88.2 Å². The van der Waals surface area contributed by atoms with Gasteiger partial charge in [-0.15, -0.1) is 11.3 Å². The number of thiazole rings is 1. The van der Waals surface area contributed by atoms with E-state index in [9.17, 15) is 4.79 Å². The second-order valence-electron chi connectivity index (χ2n) is 3.38. The molecule has 0 atom stereocenters. The zero-order valence-corrected chi connectivity index (χ0v) is 9.95. The summed E-state index contributed by atoms with van der Waals surface area (Å²) < 4.78 is 4.95. The lowest BCUT2D eigenvalue weighted by Crippen LogP contribution is -2.06. The number of aromatic carboxylic acids is 1. The van der Waals surface area contributed by atoms with Gasteiger partial charge in [-0.25, -0.2) is 9.78 Å². The standard InChI is InChI=1S/C10H11N3O3S/c1-6-12-7(5-17-6)2-3-11-10-13-8(4-16-10)9(14)15/h4-5H,2-3H2,1H3,(H,11,13)(H,14,15). The third-order valence-electron chi connectivity index (χ3n) is 2.05. The van der Waals surface area contributed by atoms with Crippen LogP contribution in [-0.2, 0) is 6.42 Å². The number of nitrogens with one attached hydrogen (secondary N) is 1. The molecule has 0 aliphatic rings. The first-order valence-corrected chi connectivity index (χ1v) is 5.87. The van der Waals surface area contributed by atoms with E-state index in [1.54, 1.807) is 11.3 Å².